The van der Waals surface area contributed by atoms with Crippen LogP contribution in [0.2, 0.25) is 5.02 Å². The number of rotatable bonds is 5. The number of piperazine rings is 1. The number of hydrogen-bond donors (Lipinski definition) is 0. The summed E-state index contributed by atoms with van der Waals surface area (Å²) in [5, 5.41) is 0.750. The summed E-state index contributed by atoms with van der Waals surface area (Å²) in [6.07, 6.45) is 1.08. The van der Waals surface area contributed by atoms with Crippen molar-refractivity contribution < 1.29 is 4.74 Å². The summed E-state index contributed by atoms with van der Waals surface area (Å²) in [6.45, 7) is 6.61. The minimum Gasteiger partial charge on any atom is -0.494 e. The molecule has 1 aromatic rings. The summed E-state index contributed by atoms with van der Waals surface area (Å²) < 4.78 is 5.68. The van der Waals surface area contributed by atoms with Crippen LogP contribution in [0.25, 0.3) is 0 Å². The van der Waals surface area contributed by atoms with E-state index in [1.807, 2.05) is 24.3 Å². The second-order valence-electron chi connectivity index (χ2n) is 4.80. The molecule has 0 saturated carbocycles. The first-order valence-corrected chi connectivity index (χ1v) is 6.91. The SMILES string of the molecule is CN1CCN(CCCOc2ccc(Cl)cc2)CC1. The molecule has 0 spiro atoms. The number of hydrogen-bond acceptors (Lipinski definition) is 3. The van der Waals surface area contributed by atoms with Crippen molar-refractivity contribution in [3.63, 3.8) is 0 Å². The van der Waals surface area contributed by atoms with Crippen LogP contribution in [0.15, 0.2) is 24.3 Å². The molecule has 1 saturated heterocycles. The van der Waals surface area contributed by atoms with Crippen LogP contribution < -0.4 is 4.74 Å². The van der Waals surface area contributed by atoms with Crippen molar-refractivity contribution >= 4 is 11.6 Å². The Hall–Kier alpha value is -0.770. The first-order valence-electron chi connectivity index (χ1n) is 6.53. The van der Waals surface area contributed by atoms with E-state index in [-0.39, 0.29) is 0 Å². The average molecular weight is 269 g/mol. The minimum atomic E-state index is 0.750. The molecule has 18 heavy (non-hydrogen) atoms. The van der Waals surface area contributed by atoms with Gasteiger partial charge in [-0.05, 0) is 37.7 Å². The van der Waals surface area contributed by atoms with Gasteiger partial charge in [0.1, 0.15) is 5.75 Å². The Balaban J connectivity index is 1.60. The zero-order valence-electron chi connectivity index (χ0n) is 10.9. The molecular formula is C14H21ClN2O. The summed E-state index contributed by atoms with van der Waals surface area (Å²) in [5.41, 5.74) is 0. The molecule has 0 atom stereocenters. The molecule has 0 aromatic heterocycles. The van der Waals surface area contributed by atoms with E-state index < -0.39 is 0 Å². The molecule has 0 radical (unpaired) electrons. The highest BCUT2D eigenvalue weighted by atomic mass is 35.5. The predicted molar refractivity (Wildman–Crippen MR) is 75.5 cm³/mol. The number of likely N-dealkylation sites (N-methyl/N-ethyl adjacent to an activating group) is 1. The van der Waals surface area contributed by atoms with Gasteiger partial charge in [-0.2, -0.15) is 0 Å². The van der Waals surface area contributed by atoms with Crippen molar-refractivity contribution in [1.29, 1.82) is 0 Å². The normalized spacial score (nSPS) is 17.9. The molecule has 0 unspecified atom stereocenters. The first kappa shape index (κ1) is 13.7. The lowest BCUT2D eigenvalue weighted by molar-refractivity contribution is 0.145. The van der Waals surface area contributed by atoms with Crippen molar-refractivity contribution in [1.82, 2.24) is 9.80 Å². The zero-order valence-corrected chi connectivity index (χ0v) is 11.7. The number of halogens is 1. The van der Waals surface area contributed by atoms with Gasteiger partial charge in [0.15, 0.2) is 0 Å². The Bertz CT molecular complexity index is 347. The molecule has 1 aliphatic heterocycles. The van der Waals surface area contributed by atoms with Crippen LogP contribution in [-0.4, -0.2) is 56.2 Å². The molecule has 100 valence electrons. The van der Waals surface area contributed by atoms with Crippen molar-refractivity contribution in [3.05, 3.63) is 29.3 Å². The molecule has 0 amide bonds. The standard InChI is InChI=1S/C14H21ClN2O/c1-16-8-10-17(11-9-16)7-2-12-18-14-5-3-13(15)4-6-14/h3-6H,2,7-12H2,1H3. The highest BCUT2D eigenvalue weighted by molar-refractivity contribution is 6.30. The zero-order chi connectivity index (χ0) is 12.8. The van der Waals surface area contributed by atoms with Crippen molar-refractivity contribution in [2.45, 2.75) is 6.42 Å². The van der Waals surface area contributed by atoms with Crippen LogP contribution >= 0.6 is 11.6 Å². The van der Waals surface area contributed by atoms with Crippen LogP contribution in [-0.2, 0) is 0 Å². The summed E-state index contributed by atoms with van der Waals surface area (Å²) in [5.74, 6) is 0.901. The molecule has 1 aromatic carbocycles. The fraction of sp³-hybridized carbons (Fsp3) is 0.571. The van der Waals surface area contributed by atoms with E-state index in [0.29, 0.717) is 0 Å². The fourth-order valence-electron chi connectivity index (χ4n) is 2.08. The van der Waals surface area contributed by atoms with Crippen LogP contribution in [0, 0.1) is 0 Å². The Morgan fingerprint density at radius 2 is 1.78 bits per heavy atom. The van der Waals surface area contributed by atoms with E-state index in [1.54, 1.807) is 0 Å². The minimum absolute atomic E-state index is 0.750. The second kappa shape index (κ2) is 6.98. The average Bonchev–Trinajstić information content (AvgIpc) is 2.39. The highest BCUT2D eigenvalue weighted by Crippen LogP contribution is 2.15. The maximum atomic E-state index is 5.82. The van der Waals surface area contributed by atoms with Crippen LogP contribution in [0.1, 0.15) is 6.42 Å². The van der Waals surface area contributed by atoms with Gasteiger partial charge in [0, 0.05) is 37.7 Å². The van der Waals surface area contributed by atoms with E-state index >= 15 is 0 Å². The largest absolute Gasteiger partial charge is 0.494 e. The van der Waals surface area contributed by atoms with Gasteiger partial charge >= 0.3 is 0 Å². The quantitative estimate of drug-likeness (QED) is 0.763. The third kappa shape index (κ3) is 4.48. The predicted octanol–water partition coefficient (Wildman–Crippen LogP) is 2.36. The molecule has 1 heterocycles. The first-order chi connectivity index (χ1) is 8.74. The molecule has 3 nitrogen and oxygen atoms in total. The third-order valence-electron chi connectivity index (χ3n) is 3.30. The smallest absolute Gasteiger partial charge is 0.119 e. The molecule has 2 rings (SSSR count). The summed E-state index contributed by atoms with van der Waals surface area (Å²) >= 11 is 5.82. The molecule has 0 bridgehead atoms. The highest BCUT2D eigenvalue weighted by Gasteiger charge is 2.12. The van der Waals surface area contributed by atoms with Crippen molar-refractivity contribution in [2.75, 3.05) is 46.4 Å². The number of benzene rings is 1. The van der Waals surface area contributed by atoms with E-state index in [0.717, 1.165) is 30.3 Å². The maximum Gasteiger partial charge on any atom is 0.119 e. The third-order valence-corrected chi connectivity index (χ3v) is 3.55. The van der Waals surface area contributed by atoms with E-state index in [2.05, 4.69) is 16.8 Å². The number of ether oxygens (including phenoxy) is 1. The Labute approximate surface area is 114 Å². The van der Waals surface area contributed by atoms with Gasteiger partial charge < -0.3 is 14.5 Å². The second-order valence-corrected chi connectivity index (χ2v) is 5.24. The molecule has 1 fully saturated rings. The van der Waals surface area contributed by atoms with Gasteiger partial charge in [-0.1, -0.05) is 11.6 Å². The summed E-state index contributed by atoms with van der Waals surface area (Å²) in [7, 11) is 2.18. The monoisotopic (exact) mass is 268 g/mol. The summed E-state index contributed by atoms with van der Waals surface area (Å²) in [4.78, 5) is 4.88. The molecule has 0 N–H and O–H groups in total. The lowest BCUT2D eigenvalue weighted by Gasteiger charge is -2.32. The van der Waals surface area contributed by atoms with Crippen LogP contribution in [0.5, 0.6) is 5.75 Å². The summed E-state index contributed by atoms with van der Waals surface area (Å²) in [6, 6.07) is 7.55. The Kier molecular flexibility index (Phi) is 5.29. The lowest BCUT2D eigenvalue weighted by Crippen LogP contribution is -2.44. The van der Waals surface area contributed by atoms with Crippen LogP contribution in [0.3, 0.4) is 0 Å². The van der Waals surface area contributed by atoms with E-state index in [1.165, 1.54) is 26.2 Å². The molecule has 0 aliphatic carbocycles. The van der Waals surface area contributed by atoms with Crippen molar-refractivity contribution in [3.8, 4) is 5.75 Å². The Morgan fingerprint density at radius 1 is 1.11 bits per heavy atom. The molecular weight excluding hydrogens is 248 g/mol. The van der Waals surface area contributed by atoms with Crippen LogP contribution in [0.4, 0.5) is 0 Å². The molecule has 4 heteroatoms. The topological polar surface area (TPSA) is 15.7 Å². The van der Waals surface area contributed by atoms with Gasteiger partial charge in [-0.15, -0.1) is 0 Å². The Morgan fingerprint density at radius 3 is 2.44 bits per heavy atom. The van der Waals surface area contributed by atoms with Gasteiger partial charge in [0.25, 0.3) is 0 Å². The van der Waals surface area contributed by atoms with E-state index in [9.17, 15) is 0 Å². The van der Waals surface area contributed by atoms with Crippen molar-refractivity contribution in [2.24, 2.45) is 0 Å². The van der Waals surface area contributed by atoms with Gasteiger partial charge in [-0.25, -0.2) is 0 Å². The van der Waals surface area contributed by atoms with Gasteiger partial charge in [0.05, 0.1) is 6.61 Å². The van der Waals surface area contributed by atoms with Gasteiger partial charge in [0.2, 0.25) is 0 Å². The maximum absolute atomic E-state index is 5.82. The van der Waals surface area contributed by atoms with Gasteiger partial charge in [-0.3, -0.25) is 0 Å². The molecule has 1 aliphatic rings. The lowest BCUT2D eigenvalue weighted by atomic mass is 10.3. The fourth-order valence-corrected chi connectivity index (χ4v) is 2.21. The van der Waals surface area contributed by atoms with E-state index in [4.69, 9.17) is 16.3 Å². The number of nitrogens with zero attached hydrogens (tertiary/aromatic N) is 2.